The lowest BCUT2D eigenvalue weighted by atomic mass is 10.2. The first-order valence-electron chi connectivity index (χ1n) is 6.76. The van der Waals surface area contributed by atoms with Gasteiger partial charge in [0.15, 0.2) is 10.8 Å². The number of benzene rings is 1. The lowest BCUT2D eigenvalue weighted by molar-refractivity contribution is 0.0163. The molecule has 0 spiro atoms. The molecule has 0 saturated carbocycles. The van der Waals surface area contributed by atoms with Crippen LogP contribution in [0.4, 0.5) is 8.78 Å². The fraction of sp³-hybridized carbons (Fsp3) is 0.200. The SMILES string of the molecule is Cc1cc2oc(-c3cn4nc(C(C)(F)F)sc4n3)cc2cc1Cl. The van der Waals surface area contributed by atoms with E-state index >= 15 is 0 Å². The quantitative estimate of drug-likeness (QED) is 0.492. The van der Waals surface area contributed by atoms with Gasteiger partial charge >= 0.3 is 0 Å². The largest absolute Gasteiger partial charge is 0.454 e. The summed E-state index contributed by atoms with van der Waals surface area (Å²) in [5, 5.41) is 5.13. The summed E-state index contributed by atoms with van der Waals surface area (Å²) in [4.78, 5) is 4.71. The monoisotopic (exact) mass is 353 g/mol. The van der Waals surface area contributed by atoms with E-state index in [1.165, 1.54) is 4.52 Å². The summed E-state index contributed by atoms with van der Waals surface area (Å²) in [5.74, 6) is -2.43. The number of halogens is 3. The van der Waals surface area contributed by atoms with Crippen molar-refractivity contribution in [2.24, 2.45) is 0 Å². The standard InChI is InChI=1S/C15H10ClF2N3OS/c1-7-3-11-8(4-9(7)16)5-12(22-11)10-6-21-14(19-10)23-13(20-21)15(2,17)18/h3-6H,1-2H3. The molecule has 8 heteroatoms. The van der Waals surface area contributed by atoms with Crippen molar-refractivity contribution >= 4 is 38.9 Å². The molecule has 0 aliphatic carbocycles. The number of fused-ring (bicyclic) bond motifs is 2. The Kier molecular flexibility index (Phi) is 3.01. The average molecular weight is 354 g/mol. The van der Waals surface area contributed by atoms with Crippen LogP contribution in [0.3, 0.4) is 0 Å². The van der Waals surface area contributed by atoms with Gasteiger partial charge < -0.3 is 4.42 Å². The molecular formula is C15H10ClF2N3OS. The Labute approximate surface area is 138 Å². The summed E-state index contributed by atoms with van der Waals surface area (Å²) in [6.07, 6.45) is 1.58. The predicted octanol–water partition coefficient (Wildman–Crippen LogP) is 5.28. The van der Waals surface area contributed by atoms with Gasteiger partial charge in [0.1, 0.15) is 11.3 Å². The third kappa shape index (κ3) is 2.40. The highest BCUT2D eigenvalue weighted by Gasteiger charge is 2.30. The van der Waals surface area contributed by atoms with Gasteiger partial charge in [-0.1, -0.05) is 22.9 Å². The maximum atomic E-state index is 13.3. The number of hydrogen-bond donors (Lipinski definition) is 0. The number of imidazole rings is 1. The van der Waals surface area contributed by atoms with E-state index in [4.69, 9.17) is 16.0 Å². The molecule has 0 amide bonds. The molecule has 23 heavy (non-hydrogen) atoms. The third-order valence-electron chi connectivity index (χ3n) is 3.47. The molecule has 0 saturated heterocycles. The second-order valence-electron chi connectivity index (χ2n) is 5.40. The predicted molar refractivity (Wildman–Crippen MR) is 85.4 cm³/mol. The molecule has 0 unspecified atom stereocenters. The van der Waals surface area contributed by atoms with Gasteiger partial charge in [0.05, 0.1) is 6.20 Å². The molecule has 4 nitrogen and oxygen atoms in total. The molecule has 4 aromatic rings. The molecule has 0 atom stereocenters. The summed E-state index contributed by atoms with van der Waals surface area (Å²) < 4.78 is 33.7. The van der Waals surface area contributed by atoms with E-state index in [1.54, 1.807) is 6.20 Å². The van der Waals surface area contributed by atoms with Crippen LogP contribution in [0.5, 0.6) is 0 Å². The molecule has 0 N–H and O–H groups in total. The highest BCUT2D eigenvalue weighted by atomic mass is 35.5. The summed E-state index contributed by atoms with van der Waals surface area (Å²) in [6, 6.07) is 5.50. The Balaban J connectivity index is 1.81. The Morgan fingerprint density at radius 1 is 1.30 bits per heavy atom. The van der Waals surface area contributed by atoms with Crippen LogP contribution in [-0.4, -0.2) is 14.6 Å². The highest BCUT2D eigenvalue weighted by molar-refractivity contribution is 7.16. The van der Waals surface area contributed by atoms with Crippen LogP contribution >= 0.6 is 22.9 Å². The minimum Gasteiger partial charge on any atom is -0.454 e. The Hall–Kier alpha value is -1.99. The number of aryl methyl sites for hydroxylation is 1. The van der Waals surface area contributed by atoms with Crippen molar-refractivity contribution in [1.29, 1.82) is 0 Å². The van der Waals surface area contributed by atoms with E-state index in [2.05, 4.69) is 10.1 Å². The van der Waals surface area contributed by atoms with Gasteiger partial charge in [-0.3, -0.25) is 0 Å². The van der Waals surface area contributed by atoms with E-state index in [0.717, 1.165) is 29.2 Å². The van der Waals surface area contributed by atoms with Crippen LogP contribution in [0.1, 0.15) is 17.5 Å². The van der Waals surface area contributed by atoms with Gasteiger partial charge in [0.25, 0.3) is 5.92 Å². The zero-order valence-corrected chi connectivity index (χ0v) is 13.7. The number of hydrogen-bond acceptors (Lipinski definition) is 4. The van der Waals surface area contributed by atoms with E-state index in [9.17, 15) is 8.78 Å². The molecule has 1 aromatic carbocycles. The number of alkyl halides is 2. The lowest BCUT2D eigenvalue weighted by Gasteiger charge is -2.02. The number of aromatic nitrogens is 3. The second kappa shape index (κ2) is 4.75. The normalized spacial score (nSPS) is 12.6. The van der Waals surface area contributed by atoms with Crippen LogP contribution in [-0.2, 0) is 5.92 Å². The smallest absolute Gasteiger partial charge is 0.298 e. The summed E-state index contributed by atoms with van der Waals surface area (Å²) >= 11 is 6.97. The van der Waals surface area contributed by atoms with E-state index in [-0.39, 0.29) is 5.01 Å². The van der Waals surface area contributed by atoms with Crippen molar-refractivity contribution in [3.63, 3.8) is 0 Å². The van der Waals surface area contributed by atoms with Gasteiger partial charge in [-0.15, -0.1) is 0 Å². The summed E-state index contributed by atoms with van der Waals surface area (Å²) in [7, 11) is 0. The minimum atomic E-state index is -2.97. The Morgan fingerprint density at radius 3 is 2.78 bits per heavy atom. The van der Waals surface area contributed by atoms with Gasteiger partial charge in [0.2, 0.25) is 4.96 Å². The molecule has 3 aromatic heterocycles. The molecule has 118 valence electrons. The van der Waals surface area contributed by atoms with Crippen molar-refractivity contribution in [2.45, 2.75) is 19.8 Å². The van der Waals surface area contributed by atoms with Crippen LogP contribution in [0.2, 0.25) is 5.02 Å². The molecule has 0 aliphatic heterocycles. The second-order valence-corrected chi connectivity index (χ2v) is 6.76. The molecule has 0 fully saturated rings. The van der Waals surface area contributed by atoms with Gasteiger partial charge in [-0.2, -0.15) is 13.9 Å². The Bertz CT molecular complexity index is 974. The molecule has 4 rings (SSSR count). The van der Waals surface area contributed by atoms with Crippen LogP contribution in [0.25, 0.3) is 27.4 Å². The fourth-order valence-corrected chi connectivity index (χ4v) is 3.27. The first kappa shape index (κ1) is 14.6. The topological polar surface area (TPSA) is 43.3 Å². The van der Waals surface area contributed by atoms with Crippen molar-refractivity contribution < 1.29 is 13.2 Å². The van der Waals surface area contributed by atoms with Gasteiger partial charge in [-0.25, -0.2) is 9.50 Å². The molecule has 0 aliphatic rings. The average Bonchev–Trinajstić information content (AvgIpc) is 3.09. The van der Waals surface area contributed by atoms with Crippen LogP contribution in [0.15, 0.2) is 28.8 Å². The number of furan rings is 1. The van der Waals surface area contributed by atoms with Gasteiger partial charge in [0, 0.05) is 17.3 Å². The molecule has 3 heterocycles. The molecule has 0 radical (unpaired) electrons. The number of nitrogens with zero attached hydrogens (tertiary/aromatic N) is 3. The molecule has 0 bridgehead atoms. The van der Waals surface area contributed by atoms with Crippen LogP contribution in [0, 0.1) is 6.92 Å². The number of rotatable bonds is 2. The first-order chi connectivity index (χ1) is 10.8. The fourth-order valence-electron chi connectivity index (χ4n) is 2.28. The summed E-state index contributed by atoms with van der Waals surface area (Å²) in [6.45, 7) is 2.71. The maximum Gasteiger partial charge on any atom is 0.298 e. The maximum absolute atomic E-state index is 13.3. The summed E-state index contributed by atoms with van der Waals surface area (Å²) in [5.41, 5.74) is 2.16. The van der Waals surface area contributed by atoms with Crippen molar-refractivity contribution in [3.8, 4) is 11.5 Å². The van der Waals surface area contributed by atoms with Crippen molar-refractivity contribution in [1.82, 2.24) is 14.6 Å². The molecular weight excluding hydrogens is 344 g/mol. The highest BCUT2D eigenvalue weighted by Crippen LogP contribution is 2.34. The zero-order valence-electron chi connectivity index (χ0n) is 12.1. The van der Waals surface area contributed by atoms with Crippen molar-refractivity contribution in [3.05, 3.63) is 40.0 Å². The third-order valence-corrected chi connectivity index (χ3v) is 4.97. The van der Waals surface area contributed by atoms with E-state index < -0.39 is 5.92 Å². The van der Waals surface area contributed by atoms with Crippen molar-refractivity contribution in [2.75, 3.05) is 0 Å². The van der Waals surface area contributed by atoms with Gasteiger partial charge in [-0.05, 0) is 30.7 Å². The first-order valence-corrected chi connectivity index (χ1v) is 7.95. The zero-order chi connectivity index (χ0) is 16.4. The minimum absolute atomic E-state index is 0.265. The Morgan fingerprint density at radius 2 is 2.09 bits per heavy atom. The van der Waals surface area contributed by atoms with Crippen LogP contribution < -0.4 is 0 Å². The van der Waals surface area contributed by atoms with E-state index in [1.807, 2.05) is 25.1 Å². The lowest BCUT2D eigenvalue weighted by Crippen LogP contribution is -2.06. The van der Waals surface area contributed by atoms with E-state index in [0.29, 0.717) is 27.0 Å².